The summed E-state index contributed by atoms with van der Waals surface area (Å²) in [6.07, 6.45) is 0. The third-order valence-electron chi connectivity index (χ3n) is 3.18. The molecule has 0 aliphatic rings. The number of nitrogens with zero attached hydrogens (tertiary/aromatic N) is 1. The summed E-state index contributed by atoms with van der Waals surface area (Å²) in [4.78, 5) is 5.93. The van der Waals surface area contributed by atoms with Crippen molar-refractivity contribution < 1.29 is 0 Å². The Morgan fingerprint density at radius 2 is 1.85 bits per heavy atom. The van der Waals surface area contributed by atoms with Crippen molar-refractivity contribution in [1.29, 1.82) is 0 Å². The lowest BCUT2D eigenvalue weighted by Gasteiger charge is -2.05. The molecule has 0 saturated heterocycles. The Labute approximate surface area is 123 Å². The first-order chi connectivity index (χ1) is 9.85. The molecule has 0 radical (unpaired) electrons. The monoisotopic (exact) mass is 280 g/mol. The Morgan fingerprint density at radius 3 is 2.75 bits per heavy atom. The van der Waals surface area contributed by atoms with Crippen molar-refractivity contribution in [2.24, 2.45) is 5.73 Å². The van der Waals surface area contributed by atoms with Gasteiger partial charge in [-0.15, -0.1) is 11.8 Å². The van der Waals surface area contributed by atoms with Gasteiger partial charge in [0.15, 0.2) is 0 Å². The fourth-order valence-electron chi connectivity index (χ4n) is 2.11. The second kappa shape index (κ2) is 6.07. The van der Waals surface area contributed by atoms with Crippen LogP contribution in [0.25, 0.3) is 10.9 Å². The summed E-state index contributed by atoms with van der Waals surface area (Å²) >= 11 is 1.79. The summed E-state index contributed by atoms with van der Waals surface area (Å²) in [7, 11) is 0. The van der Waals surface area contributed by atoms with Crippen LogP contribution in [0, 0.1) is 0 Å². The van der Waals surface area contributed by atoms with Gasteiger partial charge in [0, 0.05) is 22.6 Å². The number of hydrogen-bond acceptors (Lipinski definition) is 3. The standard InChI is InChI=1S/C17H16N2S/c18-11-13-4-3-6-16(10-13)20-12-15-9-8-14-5-1-2-7-17(14)19-15/h1-10H,11-12,18H2. The smallest absolute Gasteiger partial charge is 0.0705 e. The van der Waals surface area contributed by atoms with Gasteiger partial charge in [0.2, 0.25) is 0 Å². The van der Waals surface area contributed by atoms with Gasteiger partial charge < -0.3 is 5.73 Å². The van der Waals surface area contributed by atoms with Gasteiger partial charge in [0.1, 0.15) is 0 Å². The molecular weight excluding hydrogens is 264 g/mol. The van der Waals surface area contributed by atoms with Crippen molar-refractivity contribution in [3.05, 3.63) is 71.9 Å². The maximum atomic E-state index is 5.67. The van der Waals surface area contributed by atoms with Gasteiger partial charge in [-0.3, -0.25) is 4.98 Å². The SMILES string of the molecule is NCc1cccc(SCc2ccc3ccccc3n2)c1. The second-order valence-corrected chi connectivity index (χ2v) is 5.68. The predicted molar refractivity (Wildman–Crippen MR) is 85.6 cm³/mol. The molecule has 0 fully saturated rings. The summed E-state index contributed by atoms with van der Waals surface area (Å²) in [5.74, 6) is 0.874. The van der Waals surface area contributed by atoms with Crippen LogP contribution in [0.1, 0.15) is 11.3 Å². The second-order valence-electron chi connectivity index (χ2n) is 4.64. The van der Waals surface area contributed by atoms with E-state index in [1.165, 1.54) is 15.8 Å². The lowest BCUT2D eigenvalue weighted by molar-refractivity contribution is 1.06. The zero-order valence-corrected chi connectivity index (χ0v) is 11.9. The van der Waals surface area contributed by atoms with Crippen LogP contribution in [0.4, 0.5) is 0 Å². The van der Waals surface area contributed by atoms with Crippen LogP contribution in [-0.2, 0) is 12.3 Å². The molecule has 1 heterocycles. The Morgan fingerprint density at radius 1 is 0.950 bits per heavy atom. The maximum Gasteiger partial charge on any atom is 0.0705 e. The van der Waals surface area contributed by atoms with Gasteiger partial charge in [0.05, 0.1) is 11.2 Å². The Kier molecular flexibility index (Phi) is 4.00. The Bertz CT molecular complexity index is 725. The van der Waals surface area contributed by atoms with Crippen molar-refractivity contribution in [2.45, 2.75) is 17.2 Å². The molecule has 0 bridgehead atoms. The molecule has 0 saturated carbocycles. The average molecular weight is 280 g/mol. The fraction of sp³-hybridized carbons (Fsp3) is 0.118. The molecule has 0 atom stereocenters. The minimum Gasteiger partial charge on any atom is -0.326 e. The highest BCUT2D eigenvalue weighted by molar-refractivity contribution is 7.98. The van der Waals surface area contributed by atoms with E-state index in [9.17, 15) is 0 Å². The van der Waals surface area contributed by atoms with E-state index in [-0.39, 0.29) is 0 Å². The molecule has 3 aromatic rings. The molecule has 0 aliphatic carbocycles. The van der Waals surface area contributed by atoms with E-state index in [1.807, 2.05) is 12.1 Å². The van der Waals surface area contributed by atoms with Crippen molar-refractivity contribution in [3.8, 4) is 0 Å². The lowest BCUT2D eigenvalue weighted by atomic mass is 10.2. The molecule has 0 amide bonds. The van der Waals surface area contributed by atoms with E-state index in [0.717, 1.165) is 17.0 Å². The first-order valence-corrected chi connectivity index (χ1v) is 7.60. The Hall–Kier alpha value is -1.84. The number of hydrogen-bond donors (Lipinski definition) is 1. The molecule has 2 aromatic carbocycles. The lowest BCUT2D eigenvalue weighted by Crippen LogP contribution is -1.95. The van der Waals surface area contributed by atoms with E-state index in [2.05, 4.69) is 53.5 Å². The quantitative estimate of drug-likeness (QED) is 0.735. The van der Waals surface area contributed by atoms with E-state index in [0.29, 0.717) is 6.54 Å². The summed E-state index contributed by atoms with van der Waals surface area (Å²) in [5.41, 5.74) is 8.99. The molecule has 100 valence electrons. The number of rotatable bonds is 4. The van der Waals surface area contributed by atoms with Crippen LogP contribution in [-0.4, -0.2) is 4.98 Å². The van der Waals surface area contributed by atoms with Crippen LogP contribution in [0.15, 0.2) is 65.6 Å². The topological polar surface area (TPSA) is 38.9 Å². The van der Waals surface area contributed by atoms with E-state index in [1.54, 1.807) is 11.8 Å². The third-order valence-corrected chi connectivity index (χ3v) is 4.20. The zero-order valence-electron chi connectivity index (χ0n) is 11.1. The van der Waals surface area contributed by atoms with Crippen molar-refractivity contribution >= 4 is 22.7 Å². The number of benzene rings is 2. The normalized spacial score (nSPS) is 10.8. The van der Waals surface area contributed by atoms with Crippen LogP contribution in [0.5, 0.6) is 0 Å². The summed E-state index contributed by atoms with van der Waals surface area (Å²) in [6, 6.07) is 20.8. The number of thioether (sulfide) groups is 1. The number of fused-ring (bicyclic) bond motifs is 1. The number of pyridine rings is 1. The van der Waals surface area contributed by atoms with Crippen LogP contribution in [0.2, 0.25) is 0 Å². The molecule has 2 nitrogen and oxygen atoms in total. The first kappa shape index (κ1) is 13.2. The van der Waals surface area contributed by atoms with Crippen molar-refractivity contribution in [2.75, 3.05) is 0 Å². The van der Waals surface area contributed by atoms with Crippen LogP contribution in [0.3, 0.4) is 0 Å². The van der Waals surface area contributed by atoms with Crippen LogP contribution < -0.4 is 5.73 Å². The van der Waals surface area contributed by atoms with Gasteiger partial charge in [-0.25, -0.2) is 0 Å². The zero-order chi connectivity index (χ0) is 13.8. The highest BCUT2D eigenvalue weighted by Gasteiger charge is 2.00. The van der Waals surface area contributed by atoms with E-state index < -0.39 is 0 Å². The molecule has 3 heteroatoms. The summed E-state index contributed by atoms with van der Waals surface area (Å²) in [5, 5.41) is 1.19. The average Bonchev–Trinajstić information content (AvgIpc) is 2.53. The van der Waals surface area contributed by atoms with Gasteiger partial charge in [0.25, 0.3) is 0 Å². The minimum atomic E-state index is 0.586. The minimum absolute atomic E-state index is 0.586. The molecule has 2 N–H and O–H groups in total. The highest BCUT2D eigenvalue weighted by Crippen LogP contribution is 2.23. The molecule has 3 rings (SSSR count). The largest absolute Gasteiger partial charge is 0.326 e. The third kappa shape index (κ3) is 3.00. The first-order valence-electron chi connectivity index (χ1n) is 6.61. The molecule has 0 aliphatic heterocycles. The molecule has 0 spiro atoms. The van der Waals surface area contributed by atoms with Gasteiger partial charge in [-0.2, -0.15) is 0 Å². The van der Waals surface area contributed by atoms with Gasteiger partial charge in [-0.05, 0) is 29.8 Å². The van der Waals surface area contributed by atoms with E-state index in [4.69, 9.17) is 5.73 Å². The van der Waals surface area contributed by atoms with Crippen LogP contribution >= 0.6 is 11.8 Å². The predicted octanol–water partition coefficient (Wildman–Crippen LogP) is 3.99. The Balaban J connectivity index is 1.76. The van der Waals surface area contributed by atoms with Gasteiger partial charge in [-0.1, -0.05) is 36.4 Å². The number of aromatic nitrogens is 1. The van der Waals surface area contributed by atoms with E-state index >= 15 is 0 Å². The summed E-state index contributed by atoms with van der Waals surface area (Å²) in [6.45, 7) is 0.586. The number of nitrogens with two attached hydrogens (primary N) is 1. The molecule has 1 aromatic heterocycles. The van der Waals surface area contributed by atoms with Gasteiger partial charge >= 0.3 is 0 Å². The molecule has 0 unspecified atom stereocenters. The molecular formula is C17H16N2S. The van der Waals surface area contributed by atoms with Crippen molar-refractivity contribution in [1.82, 2.24) is 4.98 Å². The van der Waals surface area contributed by atoms with Crippen molar-refractivity contribution in [3.63, 3.8) is 0 Å². The maximum absolute atomic E-state index is 5.67. The molecule has 20 heavy (non-hydrogen) atoms. The number of para-hydroxylation sites is 1. The highest BCUT2D eigenvalue weighted by atomic mass is 32.2. The fourth-order valence-corrected chi connectivity index (χ4v) is 2.99. The summed E-state index contributed by atoms with van der Waals surface area (Å²) < 4.78 is 0.